The number of rotatable bonds is 5. The third kappa shape index (κ3) is 2.92. The lowest BCUT2D eigenvalue weighted by molar-refractivity contribution is 0.0932. The van der Waals surface area contributed by atoms with Gasteiger partial charge in [0.2, 0.25) is 0 Å². The Bertz CT molecular complexity index is 545. The zero-order valence-electron chi connectivity index (χ0n) is 11.7. The molecule has 3 heteroatoms. The van der Waals surface area contributed by atoms with E-state index in [2.05, 4.69) is 18.9 Å². The van der Waals surface area contributed by atoms with E-state index in [1.807, 2.05) is 37.4 Å². The van der Waals surface area contributed by atoms with E-state index in [-0.39, 0.29) is 11.7 Å². The van der Waals surface area contributed by atoms with Gasteiger partial charge in [0.25, 0.3) is 0 Å². The number of aryl methyl sites for hydroxylation is 1. The van der Waals surface area contributed by atoms with Crippen LogP contribution in [0.5, 0.6) is 0 Å². The molecule has 0 saturated heterocycles. The third-order valence-corrected chi connectivity index (χ3v) is 3.64. The van der Waals surface area contributed by atoms with Gasteiger partial charge in [-0.3, -0.25) is 9.48 Å². The van der Waals surface area contributed by atoms with Crippen molar-refractivity contribution in [1.82, 2.24) is 9.78 Å². The van der Waals surface area contributed by atoms with Crippen molar-refractivity contribution in [3.63, 3.8) is 0 Å². The Morgan fingerprint density at radius 3 is 2.53 bits per heavy atom. The summed E-state index contributed by atoms with van der Waals surface area (Å²) < 4.78 is 1.67. The minimum atomic E-state index is -0.0876. The molecule has 0 radical (unpaired) electrons. The molecule has 2 rings (SSSR count). The second kappa shape index (κ2) is 5.83. The van der Waals surface area contributed by atoms with Gasteiger partial charge >= 0.3 is 0 Å². The smallest absolute Gasteiger partial charge is 0.173 e. The van der Waals surface area contributed by atoms with Crippen molar-refractivity contribution in [2.24, 2.45) is 13.0 Å². The molecule has 0 aliphatic rings. The predicted octanol–water partition coefficient (Wildman–Crippen LogP) is 3.43. The van der Waals surface area contributed by atoms with E-state index in [0.717, 1.165) is 12.0 Å². The number of benzene rings is 1. The molecule has 19 heavy (non-hydrogen) atoms. The summed E-state index contributed by atoms with van der Waals surface area (Å²) in [5.74, 6) is 0.388. The van der Waals surface area contributed by atoms with Crippen LogP contribution in [-0.2, 0) is 7.05 Å². The van der Waals surface area contributed by atoms with E-state index in [1.165, 1.54) is 0 Å². The van der Waals surface area contributed by atoms with Crippen molar-refractivity contribution in [3.05, 3.63) is 53.9 Å². The molecule has 2 unspecified atom stereocenters. The summed E-state index contributed by atoms with van der Waals surface area (Å²) in [7, 11) is 1.83. The molecule has 3 nitrogen and oxygen atoms in total. The Hall–Kier alpha value is -1.90. The van der Waals surface area contributed by atoms with Gasteiger partial charge in [-0.25, -0.2) is 0 Å². The molecule has 100 valence electrons. The van der Waals surface area contributed by atoms with Crippen LogP contribution in [0.1, 0.15) is 42.1 Å². The molecule has 0 spiro atoms. The zero-order chi connectivity index (χ0) is 13.8. The van der Waals surface area contributed by atoms with Crippen LogP contribution < -0.4 is 0 Å². The fourth-order valence-electron chi connectivity index (χ4n) is 2.36. The van der Waals surface area contributed by atoms with Crippen LogP contribution in [0, 0.1) is 5.92 Å². The van der Waals surface area contributed by atoms with Gasteiger partial charge in [0.15, 0.2) is 5.78 Å². The first-order chi connectivity index (χ1) is 9.13. The number of hydrogen-bond acceptors (Lipinski definition) is 2. The van der Waals surface area contributed by atoms with Gasteiger partial charge in [0, 0.05) is 13.2 Å². The normalized spacial score (nSPS) is 14.1. The number of Topliss-reactive ketones (excluding diaryl/α,β-unsaturated/α-hetero) is 1. The minimum absolute atomic E-state index is 0.0876. The van der Waals surface area contributed by atoms with Crippen LogP contribution in [0.25, 0.3) is 0 Å². The van der Waals surface area contributed by atoms with Crippen LogP contribution in [0.3, 0.4) is 0 Å². The lowest BCUT2D eigenvalue weighted by Crippen LogP contribution is -2.19. The summed E-state index contributed by atoms with van der Waals surface area (Å²) in [6.07, 6.45) is 4.42. The highest BCUT2D eigenvalue weighted by molar-refractivity contribution is 6.00. The predicted molar refractivity (Wildman–Crippen MR) is 76.2 cm³/mol. The molecule has 2 aromatic rings. The van der Waals surface area contributed by atoms with Crippen LogP contribution in [0.4, 0.5) is 0 Å². The number of carbonyl (C=O) groups excluding carboxylic acids is 1. The first-order valence-electron chi connectivity index (χ1n) is 6.71. The number of aromatic nitrogens is 2. The molecule has 0 aliphatic carbocycles. The van der Waals surface area contributed by atoms with E-state index in [9.17, 15) is 4.79 Å². The lowest BCUT2D eigenvalue weighted by atomic mass is 9.81. The van der Waals surface area contributed by atoms with Gasteiger partial charge in [-0.2, -0.15) is 5.10 Å². The summed E-state index contributed by atoms with van der Waals surface area (Å²) in [6, 6.07) is 10.0. The average Bonchev–Trinajstić information content (AvgIpc) is 2.86. The Kier molecular flexibility index (Phi) is 4.15. The van der Waals surface area contributed by atoms with Crippen molar-refractivity contribution in [1.29, 1.82) is 0 Å². The van der Waals surface area contributed by atoms with Gasteiger partial charge < -0.3 is 0 Å². The summed E-state index contributed by atoms with van der Waals surface area (Å²) in [5.41, 5.74) is 1.78. The summed E-state index contributed by atoms with van der Waals surface area (Å²) in [6.45, 7) is 4.25. The molecule has 1 aromatic heterocycles. The first kappa shape index (κ1) is 13.5. The fraction of sp³-hybridized carbons (Fsp3) is 0.375. The maximum absolute atomic E-state index is 12.7. The van der Waals surface area contributed by atoms with Gasteiger partial charge in [-0.05, 0) is 11.5 Å². The number of carbonyl (C=O) groups is 1. The highest BCUT2D eigenvalue weighted by Crippen LogP contribution is 2.30. The largest absolute Gasteiger partial charge is 0.293 e. The van der Waals surface area contributed by atoms with E-state index in [0.29, 0.717) is 11.5 Å². The molecular formula is C16H20N2O. The van der Waals surface area contributed by atoms with Gasteiger partial charge in [0.05, 0.1) is 17.7 Å². The van der Waals surface area contributed by atoms with Crippen LogP contribution in [0.2, 0.25) is 0 Å². The van der Waals surface area contributed by atoms with Crippen molar-refractivity contribution >= 4 is 5.78 Å². The maximum atomic E-state index is 12.7. The molecular weight excluding hydrogens is 236 g/mol. The maximum Gasteiger partial charge on any atom is 0.173 e. The molecule has 0 bridgehead atoms. The minimum Gasteiger partial charge on any atom is -0.293 e. The highest BCUT2D eigenvalue weighted by atomic mass is 16.1. The Balaban J connectivity index is 2.36. The molecule has 2 atom stereocenters. The van der Waals surface area contributed by atoms with E-state index in [1.54, 1.807) is 17.1 Å². The molecule has 0 amide bonds. The molecule has 0 N–H and O–H groups in total. The number of nitrogens with zero attached hydrogens (tertiary/aromatic N) is 2. The van der Waals surface area contributed by atoms with E-state index in [4.69, 9.17) is 0 Å². The Morgan fingerprint density at radius 1 is 1.32 bits per heavy atom. The van der Waals surface area contributed by atoms with Crippen molar-refractivity contribution < 1.29 is 4.79 Å². The van der Waals surface area contributed by atoms with Gasteiger partial charge in [0.1, 0.15) is 0 Å². The van der Waals surface area contributed by atoms with Crippen molar-refractivity contribution in [2.75, 3.05) is 0 Å². The van der Waals surface area contributed by atoms with Crippen molar-refractivity contribution in [3.8, 4) is 0 Å². The standard InChI is InChI=1S/C16H20N2O/c1-4-12(2)15(13-8-6-5-7-9-13)16(19)14-10-17-18(3)11-14/h5-12,15H,4H2,1-3H3. The number of hydrogen-bond donors (Lipinski definition) is 0. The first-order valence-corrected chi connectivity index (χ1v) is 6.71. The Labute approximate surface area is 114 Å². The van der Waals surface area contributed by atoms with E-state index >= 15 is 0 Å². The van der Waals surface area contributed by atoms with Gasteiger partial charge in [-0.1, -0.05) is 50.6 Å². The summed E-state index contributed by atoms with van der Waals surface area (Å²) in [4.78, 5) is 12.7. The van der Waals surface area contributed by atoms with Crippen LogP contribution >= 0.6 is 0 Å². The Morgan fingerprint density at radius 2 is 2.00 bits per heavy atom. The zero-order valence-corrected chi connectivity index (χ0v) is 11.7. The summed E-state index contributed by atoms with van der Waals surface area (Å²) in [5, 5.41) is 4.09. The van der Waals surface area contributed by atoms with E-state index < -0.39 is 0 Å². The number of ketones is 1. The second-order valence-electron chi connectivity index (χ2n) is 5.04. The quantitative estimate of drug-likeness (QED) is 0.768. The SMILES string of the molecule is CCC(C)C(C(=O)c1cnn(C)c1)c1ccccc1. The topological polar surface area (TPSA) is 34.9 Å². The summed E-state index contributed by atoms with van der Waals surface area (Å²) >= 11 is 0. The van der Waals surface area contributed by atoms with Crippen molar-refractivity contribution in [2.45, 2.75) is 26.2 Å². The van der Waals surface area contributed by atoms with Gasteiger partial charge in [-0.15, -0.1) is 0 Å². The fourth-order valence-corrected chi connectivity index (χ4v) is 2.36. The lowest BCUT2D eigenvalue weighted by Gasteiger charge is -2.21. The van der Waals surface area contributed by atoms with Crippen LogP contribution in [-0.4, -0.2) is 15.6 Å². The monoisotopic (exact) mass is 256 g/mol. The highest BCUT2D eigenvalue weighted by Gasteiger charge is 2.27. The molecule has 1 aromatic carbocycles. The molecule has 1 heterocycles. The van der Waals surface area contributed by atoms with Crippen LogP contribution in [0.15, 0.2) is 42.7 Å². The molecule has 0 aliphatic heterocycles. The molecule has 0 fully saturated rings. The third-order valence-electron chi connectivity index (χ3n) is 3.64. The molecule has 0 saturated carbocycles. The second-order valence-corrected chi connectivity index (χ2v) is 5.04. The average molecular weight is 256 g/mol.